The van der Waals surface area contributed by atoms with E-state index in [0.717, 1.165) is 25.9 Å². The molecule has 0 aliphatic carbocycles. The van der Waals surface area contributed by atoms with E-state index in [1.54, 1.807) is 0 Å². The molecule has 0 atom stereocenters. The lowest BCUT2D eigenvalue weighted by Gasteiger charge is -2.31. The van der Waals surface area contributed by atoms with Crippen LogP contribution in [-0.2, 0) is 4.79 Å². The smallest absolute Gasteiger partial charge is 0.231 e. The van der Waals surface area contributed by atoms with Gasteiger partial charge in [0, 0.05) is 25.2 Å². The van der Waals surface area contributed by atoms with E-state index < -0.39 is 5.95 Å². The summed E-state index contributed by atoms with van der Waals surface area (Å²) >= 11 is 0. The monoisotopic (exact) mass is 253 g/mol. The van der Waals surface area contributed by atoms with Crippen molar-refractivity contribution in [1.29, 1.82) is 0 Å². The van der Waals surface area contributed by atoms with Crippen LogP contribution in [0.5, 0.6) is 0 Å². The second-order valence-corrected chi connectivity index (χ2v) is 4.39. The van der Waals surface area contributed by atoms with Crippen LogP contribution in [0, 0.1) is 5.95 Å². The van der Waals surface area contributed by atoms with E-state index in [1.165, 1.54) is 12.4 Å². The first-order valence-electron chi connectivity index (χ1n) is 5.88. The van der Waals surface area contributed by atoms with Gasteiger partial charge in [-0.1, -0.05) is 0 Å². The third-order valence-corrected chi connectivity index (χ3v) is 2.95. The quantitative estimate of drug-likeness (QED) is 0.737. The van der Waals surface area contributed by atoms with Crippen LogP contribution in [0.15, 0.2) is 12.4 Å². The van der Waals surface area contributed by atoms with E-state index in [-0.39, 0.29) is 11.9 Å². The summed E-state index contributed by atoms with van der Waals surface area (Å²) in [4.78, 5) is 20.2. The molecule has 0 bridgehead atoms. The molecule has 2 rings (SSSR count). The highest BCUT2D eigenvalue weighted by Gasteiger charge is 2.20. The zero-order chi connectivity index (χ0) is 13.0. The lowest BCUT2D eigenvalue weighted by atomic mass is 10.1. The molecule has 0 saturated carbocycles. The van der Waals surface area contributed by atoms with Crippen LogP contribution in [0.25, 0.3) is 0 Å². The van der Waals surface area contributed by atoms with Crippen LogP contribution in [0.3, 0.4) is 0 Å². The van der Waals surface area contributed by atoms with Crippen molar-refractivity contribution in [1.82, 2.24) is 14.9 Å². The van der Waals surface area contributed by atoms with Gasteiger partial charge in [0.25, 0.3) is 0 Å². The molecule has 1 fully saturated rings. The number of nitrogens with one attached hydrogen (secondary N) is 1. The fourth-order valence-corrected chi connectivity index (χ4v) is 2.08. The van der Waals surface area contributed by atoms with Gasteiger partial charge in [-0.05, 0) is 12.8 Å². The molecular formula is C11H16FN5O. The van der Waals surface area contributed by atoms with Gasteiger partial charge in [0.2, 0.25) is 11.9 Å². The summed E-state index contributed by atoms with van der Waals surface area (Å²) in [6, 6.07) is 1.51. The van der Waals surface area contributed by atoms with E-state index in [2.05, 4.69) is 15.3 Å². The molecule has 1 aliphatic rings. The maximum absolute atomic E-state index is 12.9. The zero-order valence-corrected chi connectivity index (χ0v) is 9.97. The third-order valence-electron chi connectivity index (χ3n) is 2.95. The first-order chi connectivity index (χ1) is 8.63. The lowest BCUT2D eigenvalue weighted by Crippen LogP contribution is -2.43. The Morgan fingerprint density at radius 1 is 1.50 bits per heavy atom. The van der Waals surface area contributed by atoms with E-state index >= 15 is 0 Å². The van der Waals surface area contributed by atoms with Gasteiger partial charge in [-0.25, -0.2) is 9.97 Å². The highest BCUT2D eigenvalue weighted by molar-refractivity contribution is 5.75. The Morgan fingerprint density at radius 2 is 2.22 bits per heavy atom. The average molecular weight is 253 g/mol. The maximum Gasteiger partial charge on any atom is 0.231 e. The molecule has 0 unspecified atom stereocenters. The molecule has 98 valence electrons. The standard InChI is InChI=1S/C11H16FN5O/c12-9-5-11(15-7-14-9)16-8-1-3-17(4-2-8)6-10(13)18/h5,7-8H,1-4,6H2,(H2,13,18)(H,14,15,16). The molecule has 1 saturated heterocycles. The van der Waals surface area contributed by atoms with Crippen LogP contribution < -0.4 is 11.1 Å². The molecule has 0 aromatic carbocycles. The van der Waals surface area contributed by atoms with Gasteiger partial charge in [-0.3, -0.25) is 9.69 Å². The van der Waals surface area contributed by atoms with Gasteiger partial charge >= 0.3 is 0 Å². The zero-order valence-electron chi connectivity index (χ0n) is 9.97. The number of carbonyl (C=O) groups excluding carboxylic acids is 1. The molecule has 1 aromatic rings. The molecule has 6 nitrogen and oxygen atoms in total. The predicted octanol–water partition coefficient (Wildman–Crippen LogP) is -0.0227. The summed E-state index contributed by atoms with van der Waals surface area (Å²) in [6.07, 6.45) is 2.94. The number of rotatable bonds is 4. The Hall–Kier alpha value is -1.76. The number of likely N-dealkylation sites (tertiary alicyclic amines) is 1. The minimum atomic E-state index is -0.543. The SMILES string of the molecule is NC(=O)CN1CCC(Nc2cc(F)ncn2)CC1. The van der Waals surface area contributed by atoms with Gasteiger partial charge in [-0.15, -0.1) is 0 Å². The Bertz CT molecular complexity index is 420. The van der Waals surface area contributed by atoms with E-state index in [0.29, 0.717) is 12.4 Å². The number of hydrogen-bond donors (Lipinski definition) is 2. The molecule has 2 heterocycles. The fraction of sp³-hybridized carbons (Fsp3) is 0.545. The molecule has 7 heteroatoms. The molecular weight excluding hydrogens is 237 g/mol. The van der Waals surface area contributed by atoms with Gasteiger partial charge in [-0.2, -0.15) is 4.39 Å². The van der Waals surface area contributed by atoms with Gasteiger partial charge in [0.05, 0.1) is 6.54 Å². The summed E-state index contributed by atoms with van der Waals surface area (Å²) in [7, 11) is 0. The maximum atomic E-state index is 12.9. The normalized spacial score (nSPS) is 17.6. The van der Waals surface area contributed by atoms with Crippen molar-refractivity contribution < 1.29 is 9.18 Å². The minimum absolute atomic E-state index is 0.239. The minimum Gasteiger partial charge on any atom is -0.369 e. The van der Waals surface area contributed by atoms with Crippen molar-refractivity contribution >= 4 is 11.7 Å². The Kier molecular flexibility index (Phi) is 4.03. The first-order valence-corrected chi connectivity index (χ1v) is 5.88. The molecule has 1 aromatic heterocycles. The molecule has 1 aliphatic heterocycles. The molecule has 18 heavy (non-hydrogen) atoms. The molecule has 3 N–H and O–H groups in total. The number of primary amides is 1. The van der Waals surface area contributed by atoms with Crippen LogP contribution in [-0.4, -0.2) is 46.5 Å². The summed E-state index contributed by atoms with van der Waals surface area (Å²) in [5, 5.41) is 3.16. The summed E-state index contributed by atoms with van der Waals surface area (Å²) in [6.45, 7) is 1.90. The Balaban J connectivity index is 1.81. The van der Waals surface area contributed by atoms with Crippen molar-refractivity contribution in [2.24, 2.45) is 5.73 Å². The summed E-state index contributed by atoms with van der Waals surface area (Å²) in [5.41, 5.74) is 5.14. The fourth-order valence-electron chi connectivity index (χ4n) is 2.08. The number of hydrogen-bond acceptors (Lipinski definition) is 5. The first kappa shape index (κ1) is 12.7. The number of nitrogens with two attached hydrogens (primary N) is 1. The number of amides is 1. The van der Waals surface area contributed by atoms with Crippen LogP contribution >= 0.6 is 0 Å². The topological polar surface area (TPSA) is 84.1 Å². The molecule has 0 spiro atoms. The second-order valence-electron chi connectivity index (χ2n) is 4.39. The van der Waals surface area contributed by atoms with Gasteiger partial charge in [0.15, 0.2) is 0 Å². The number of piperidine rings is 1. The Labute approximate surface area is 104 Å². The van der Waals surface area contributed by atoms with E-state index in [1.807, 2.05) is 4.90 Å². The van der Waals surface area contributed by atoms with Crippen molar-refractivity contribution in [2.75, 3.05) is 25.0 Å². The number of aromatic nitrogens is 2. The summed E-state index contributed by atoms with van der Waals surface area (Å²) < 4.78 is 12.9. The van der Waals surface area contributed by atoms with Crippen molar-refractivity contribution in [3.63, 3.8) is 0 Å². The largest absolute Gasteiger partial charge is 0.369 e. The second kappa shape index (κ2) is 5.72. The third kappa shape index (κ3) is 3.63. The highest BCUT2D eigenvalue weighted by Crippen LogP contribution is 2.14. The van der Waals surface area contributed by atoms with Crippen molar-refractivity contribution in [2.45, 2.75) is 18.9 Å². The van der Waals surface area contributed by atoms with Crippen LogP contribution in [0.1, 0.15) is 12.8 Å². The number of nitrogens with zero attached hydrogens (tertiary/aromatic N) is 3. The lowest BCUT2D eigenvalue weighted by molar-refractivity contribution is -0.119. The number of halogens is 1. The van der Waals surface area contributed by atoms with Crippen molar-refractivity contribution in [3.8, 4) is 0 Å². The van der Waals surface area contributed by atoms with E-state index in [9.17, 15) is 9.18 Å². The van der Waals surface area contributed by atoms with Crippen LogP contribution in [0.4, 0.5) is 10.2 Å². The summed E-state index contributed by atoms with van der Waals surface area (Å²) in [5.74, 6) is -0.353. The Morgan fingerprint density at radius 3 is 2.83 bits per heavy atom. The van der Waals surface area contributed by atoms with Gasteiger partial charge in [0.1, 0.15) is 12.1 Å². The number of carbonyl (C=O) groups is 1. The van der Waals surface area contributed by atoms with Gasteiger partial charge < -0.3 is 11.1 Å². The predicted molar refractivity (Wildman–Crippen MR) is 64.3 cm³/mol. The van der Waals surface area contributed by atoms with Crippen LogP contribution in [0.2, 0.25) is 0 Å². The molecule has 1 amide bonds. The van der Waals surface area contributed by atoms with E-state index in [4.69, 9.17) is 5.73 Å². The number of anilines is 1. The van der Waals surface area contributed by atoms with Crippen molar-refractivity contribution in [3.05, 3.63) is 18.3 Å². The average Bonchev–Trinajstić information content (AvgIpc) is 2.31. The molecule has 0 radical (unpaired) electrons. The highest BCUT2D eigenvalue weighted by atomic mass is 19.1.